The molecule has 1 atom stereocenters. The molecule has 0 bridgehead atoms. The van der Waals surface area contributed by atoms with E-state index in [1.54, 1.807) is 27.9 Å². The van der Waals surface area contributed by atoms with Gasteiger partial charge in [0.2, 0.25) is 0 Å². The third-order valence-electron chi connectivity index (χ3n) is 4.43. The molecule has 24 heavy (non-hydrogen) atoms. The van der Waals surface area contributed by atoms with E-state index in [1.165, 1.54) is 14.2 Å². The molecule has 0 unspecified atom stereocenters. The van der Waals surface area contributed by atoms with Crippen LogP contribution in [0.25, 0.3) is 0 Å². The SMILES string of the molecule is CCn1ncc2c1C(=O)N[C@@H]1c3ccc(OC)c(OC)c3C(=O)N21. The van der Waals surface area contributed by atoms with Crippen LogP contribution in [0.1, 0.15) is 39.5 Å². The predicted octanol–water partition coefficient (Wildman–Crippen LogP) is 1.32. The molecule has 4 rings (SSSR count). The molecule has 0 saturated heterocycles. The molecule has 3 heterocycles. The zero-order chi connectivity index (χ0) is 17.0. The number of ether oxygens (including phenoxy) is 2. The lowest BCUT2D eigenvalue weighted by Gasteiger charge is -2.30. The fourth-order valence-electron chi connectivity index (χ4n) is 3.38. The minimum Gasteiger partial charge on any atom is -0.493 e. The van der Waals surface area contributed by atoms with Gasteiger partial charge in [0, 0.05) is 12.1 Å². The van der Waals surface area contributed by atoms with E-state index in [0.29, 0.717) is 40.6 Å². The molecule has 0 spiro atoms. The molecule has 0 radical (unpaired) electrons. The number of nitrogens with one attached hydrogen (secondary N) is 1. The number of carbonyl (C=O) groups excluding carboxylic acids is 2. The third-order valence-corrected chi connectivity index (χ3v) is 4.43. The van der Waals surface area contributed by atoms with Crippen molar-refractivity contribution in [1.82, 2.24) is 15.1 Å². The second-order valence-electron chi connectivity index (χ2n) is 5.51. The topological polar surface area (TPSA) is 85.7 Å². The van der Waals surface area contributed by atoms with Crippen LogP contribution >= 0.6 is 0 Å². The van der Waals surface area contributed by atoms with Gasteiger partial charge in [-0.3, -0.25) is 19.2 Å². The van der Waals surface area contributed by atoms with Crippen LogP contribution in [0.3, 0.4) is 0 Å². The minimum atomic E-state index is -0.568. The number of aromatic nitrogens is 2. The van der Waals surface area contributed by atoms with Gasteiger partial charge >= 0.3 is 0 Å². The Kier molecular flexibility index (Phi) is 3.02. The lowest BCUT2D eigenvalue weighted by Crippen LogP contribution is -2.45. The molecule has 0 aliphatic carbocycles. The molecule has 1 N–H and O–H groups in total. The highest BCUT2D eigenvalue weighted by Crippen LogP contribution is 2.46. The van der Waals surface area contributed by atoms with E-state index in [9.17, 15) is 9.59 Å². The Morgan fingerprint density at radius 3 is 2.71 bits per heavy atom. The van der Waals surface area contributed by atoms with Gasteiger partial charge in [0.1, 0.15) is 11.9 Å². The summed E-state index contributed by atoms with van der Waals surface area (Å²) in [7, 11) is 3.00. The molecule has 2 amide bonds. The van der Waals surface area contributed by atoms with Gasteiger partial charge in [-0.2, -0.15) is 5.10 Å². The average Bonchev–Trinajstić information content (AvgIpc) is 3.14. The maximum Gasteiger partial charge on any atom is 0.273 e. The van der Waals surface area contributed by atoms with Crippen LogP contribution in [-0.4, -0.2) is 35.8 Å². The Balaban J connectivity index is 1.93. The monoisotopic (exact) mass is 328 g/mol. The molecule has 2 aliphatic heterocycles. The number of amides is 2. The van der Waals surface area contributed by atoms with Crippen molar-refractivity contribution in [3.05, 3.63) is 35.2 Å². The van der Waals surface area contributed by atoms with E-state index in [0.717, 1.165) is 0 Å². The van der Waals surface area contributed by atoms with Crippen LogP contribution in [0.4, 0.5) is 5.69 Å². The van der Waals surface area contributed by atoms with Gasteiger partial charge in [-0.1, -0.05) is 6.07 Å². The second-order valence-corrected chi connectivity index (χ2v) is 5.51. The summed E-state index contributed by atoms with van der Waals surface area (Å²) in [6.45, 7) is 2.43. The number of methoxy groups -OCH3 is 2. The van der Waals surface area contributed by atoms with Gasteiger partial charge < -0.3 is 14.8 Å². The number of aryl methyl sites for hydroxylation is 1. The highest BCUT2D eigenvalue weighted by molar-refractivity contribution is 6.17. The van der Waals surface area contributed by atoms with E-state index in [4.69, 9.17) is 9.47 Å². The summed E-state index contributed by atoms with van der Waals surface area (Å²) in [6.07, 6.45) is 0.986. The van der Waals surface area contributed by atoms with Crippen molar-refractivity contribution >= 4 is 17.5 Å². The summed E-state index contributed by atoms with van der Waals surface area (Å²) >= 11 is 0. The van der Waals surface area contributed by atoms with Gasteiger partial charge in [-0.05, 0) is 13.0 Å². The Morgan fingerprint density at radius 2 is 2.04 bits per heavy atom. The number of benzene rings is 1. The largest absolute Gasteiger partial charge is 0.493 e. The van der Waals surface area contributed by atoms with Crippen LogP contribution in [0.5, 0.6) is 11.5 Å². The van der Waals surface area contributed by atoms with Crippen molar-refractivity contribution in [2.24, 2.45) is 0 Å². The number of hydrogen-bond acceptors (Lipinski definition) is 5. The number of anilines is 1. The molecule has 8 heteroatoms. The fraction of sp³-hybridized carbons (Fsp3) is 0.312. The van der Waals surface area contributed by atoms with Crippen LogP contribution in [-0.2, 0) is 6.54 Å². The van der Waals surface area contributed by atoms with Crippen molar-refractivity contribution in [2.75, 3.05) is 19.1 Å². The van der Waals surface area contributed by atoms with E-state index in [2.05, 4.69) is 10.4 Å². The summed E-state index contributed by atoms with van der Waals surface area (Å²) in [5, 5.41) is 7.09. The van der Waals surface area contributed by atoms with Crippen molar-refractivity contribution in [3.63, 3.8) is 0 Å². The van der Waals surface area contributed by atoms with Gasteiger partial charge in [0.05, 0.1) is 31.7 Å². The first-order valence-corrected chi connectivity index (χ1v) is 7.57. The molecule has 124 valence electrons. The Labute approximate surface area is 137 Å². The van der Waals surface area contributed by atoms with E-state index in [-0.39, 0.29) is 11.8 Å². The maximum atomic E-state index is 13.0. The summed E-state index contributed by atoms with van der Waals surface area (Å²) in [6, 6.07) is 3.50. The fourth-order valence-corrected chi connectivity index (χ4v) is 3.38. The minimum absolute atomic E-state index is 0.248. The lowest BCUT2D eigenvalue weighted by atomic mass is 10.1. The van der Waals surface area contributed by atoms with Gasteiger partial charge in [-0.25, -0.2) is 0 Å². The molecule has 0 fully saturated rings. The standard InChI is InChI=1S/C16H16N4O4/c1-4-19-12-9(7-17-19)20-14(18-15(12)21)8-5-6-10(23-2)13(24-3)11(8)16(20)22/h5-7,14H,4H2,1-3H3,(H,18,21)/t14-/m0/s1. The van der Waals surface area contributed by atoms with E-state index >= 15 is 0 Å². The van der Waals surface area contributed by atoms with Crippen molar-refractivity contribution in [3.8, 4) is 11.5 Å². The summed E-state index contributed by atoms with van der Waals surface area (Å²) in [5.74, 6) is 0.344. The van der Waals surface area contributed by atoms with Crippen LogP contribution in [0, 0.1) is 0 Å². The average molecular weight is 328 g/mol. The molecule has 2 aromatic rings. The second kappa shape index (κ2) is 4.98. The van der Waals surface area contributed by atoms with E-state index < -0.39 is 6.17 Å². The van der Waals surface area contributed by atoms with Gasteiger partial charge in [0.25, 0.3) is 11.8 Å². The summed E-state index contributed by atoms with van der Waals surface area (Å²) in [4.78, 5) is 27.1. The van der Waals surface area contributed by atoms with Gasteiger partial charge in [0.15, 0.2) is 11.5 Å². The summed E-state index contributed by atoms with van der Waals surface area (Å²) in [5.41, 5.74) is 1.98. The highest BCUT2D eigenvalue weighted by Gasteiger charge is 2.47. The number of rotatable bonds is 3. The van der Waals surface area contributed by atoms with Crippen molar-refractivity contribution in [2.45, 2.75) is 19.6 Å². The quantitative estimate of drug-likeness (QED) is 0.918. The molecule has 1 aromatic carbocycles. The first-order valence-electron chi connectivity index (χ1n) is 7.57. The van der Waals surface area contributed by atoms with Crippen LogP contribution in [0.15, 0.2) is 18.3 Å². The van der Waals surface area contributed by atoms with Crippen molar-refractivity contribution in [1.29, 1.82) is 0 Å². The number of fused-ring (bicyclic) bond motifs is 5. The molecule has 0 saturated carbocycles. The predicted molar refractivity (Wildman–Crippen MR) is 84.5 cm³/mol. The molecular weight excluding hydrogens is 312 g/mol. The number of nitrogens with zero attached hydrogens (tertiary/aromatic N) is 3. The smallest absolute Gasteiger partial charge is 0.273 e. The van der Waals surface area contributed by atoms with E-state index in [1.807, 2.05) is 6.92 Å². The lowest BCUT2D eigenvalue weighted by molar-refractivity contribution is 0.0902. The molecule has 8 nitrogen and oxygen atoms in total. The first kappa shape index (κ1) is 14.6. The first-order chi connectivity index (χ1) is 11.6. The highest BCUT2D eigenvalue weighted by atomic mass is 16.5. The van der Waals surface area contributed by atoms with Crippen LogP contribution in [0.2, 0.25) is 0 Å². The zero-order valence-electron chi connectivity index (χ0n) is 13.5. The number of carbonyl (C=O) groups is 2. The van der Waals surface area contributed by atoms with Crippen LogP contribution < -0.4 is 19.7 Å². The Morgan fingerprint density at radius 1 is 1.25 bits per heavy atom. The maximum absolute atomic E-state index is 13.0. The Bertz CT molecular complexity index is 873. The van der Waals surface area contributed by atoms with Gasteiger partial charge in [-0.15, -0.1) is 0 Å². The molecule has 1 aromatic heterocycles. The molecule has 2 aliphatic rings. The van der Waals surface area contributed by atoms with Crippen molar-refractivity contribution < 1.29 is 19.1 Å². The third kappa shape index (κ3) is 1.65. The summed E-state index contributed by atoms with van der Waals surface area (Å²) < 4.78 is 12.2. The zero-order valence-corrected chi connectivity index (χ0v) is 13.5. The normalized spacial score (nSPS) is 18.0. The number of hydrogen-bond donors (Lipinski definition) is 1. The molecular formula is C16H16N4O4. The Hall–Kier alpha value is -3.03.